The van der Waals surface area contributed by atoms with E-state index in [0.29, 0.717) is 21.4 Å². The molecule has 11 heteroatoms. The summed E-state index contributed by atoms with van der Waals surface area (Å²) in [7, 11) is -2.64. The van der Waals surface area contributed by atoms with E-state index < -0.39 is 28.5 Å². The number of carbonyl (C=O) groups is 2. The van der Waals surface area contributed by atoms with E-state index in [2.05, 4.69) is 5.32 Å². The molecular formula is C30H33Cl2N3O5S. The van der Waals surface area contributed by atoms with Gasteiger partial charge in [0.15, 0.2) is 0 Å². The third-order valence-corrected chi connectivity index (χ3v) is 9.57. The van der Waals surface area contributed by atoms with Crippen molar-refractivity contribution in [3.63, 3.8) is 0 Å². The number of hydrogen-bond acceptors (Lipinski definition) is 5. The lowest BCUT2D eigenvalue weighted by molar-refractivity contribution is -0.139. The van der Waals surface area contributed by atoms with Gasteiger partial charge in [-0.1, -0.05) is 60.3 Å². The number of methoxy groups -OCH3 is 1. The molecule has 0 bridgehead atoms. The molecule has 0 saturated heterocycles. The molecule has 4 rings (SSSR count). The summed E-state index contributed by atoms with van der Waals surface area (Å²) in [5.41, 5.74) is 0.849. The van der Waals surface area contributed by atoms with Gasteiger partial charge in [0, 0.05) is 22.6 Å². The van der Waals surface area contributed by atoms with Gasteiger partial charge in [0.05, 0.1) is 17.7 Å². The lowest BCUT2D eigenvalue weighted by Crippen LogP contribution is -2.52. The topological polar surface area (TPSA) is 96.0 Å². The van der Waals surface area contributed by atoms with Crippen LogP contribution >= 0.6 is 23.2 Å². The summed E-state index contributed by atoms with van der Waals surface area (Å²) in [6, 6.07) is 18.3. The minimum Gasteiger partial charge on any atom is -0.497 e. The van der Waals surface area contributed by atoms with Crippen molar-refractivity contribution in [2.45, 2.75) is 56.1 Å². The summed E-state index contributed by atoms with van der Waals surface area (Å²) in [4.78, 5) is 28.7. The minimum absolute atomic E-state index is 0.0179. The molecular weight excluding hydrogens is 585 g/mol. The Bertz CT molecular complexity index is 1460. The SMILES string of the molecule is COc1ccc(N(CC(=O)N(Cc2ccc(Cl)cc2Cl)[C@H](C)C(=O)NC2CCCC2)S(=O)(=O)c2ccccc2)cc1. The van der Waals surface area contributed by atoms with Gasteiger partial charge in [0.25, 0.3) is 10.0 Å². The van der Waals surface area contributed by atoms with E-state index in [1.807, 2.05) is 0 Å². The highest BCUT2D eigenvalue weighted by Crippen LogP contribution is 2.28. The van der Waals surface area contributed by atoms with E-state index in [1.54, 1.807) is 67.6 Å². The van der Waals surface area contributed by atoms with E-state index in [9.17, 15) is 18.0 Å². The number of nitrogens with zero attached hydrogens (tertiary/aromatic N) is 2. The van der Waals surface area contributed by atoms with Crippen LogP contribution in [0.25, 0.3) is 0 Å². The van der Waals surface area contributed by atoms with Gasteiger partial charge in [-0.25, -0.2) is 8.42 Å². The molecule has 3 aromatic carbocycles. The molecule has 0 spiro atoms. The Morgan fingerprint density at radius 3 is 2.27 bits per heavy atom. The van der Waals surface area contributed by atoms with E-state index in [1.165, 1.54) is 24.1 Å². The van der Waals surface area contributed by atoms with Gasteiger partial charge in [-0.15, -0.1) is 0 Å². The zero-order valence-corrected chi connectivity index (χ0v) is 25.3. The zero-order chi connectivity index (χ0) is 29.6. The van der Waals surface area contributed by atoms with Crippen molar-refractivity contribution < 1.29 is 22.7 Å². The number of hydrogen-bond donors (Lipinski definition) is 1. The predicted octanol–water partition coefficient (Wildman–Crippen LogP) is 5.67. The summed E-state index contributed by atoms with van der Waals surface area (Å²) in [6.45, 7) is 1.07. The first-order valence-corrected chi connectivity index (χ1v) is 15.6. The Morgan fingerprint density at radius 2 is 1.66 bits per heavy atom. The molecule has 1 aliphatic rings. The second-order valence-corrected chi connectivity index (χ2v) is 12.7. The molecule has 0 heterocycles. The first kappa shape index (κ1) is 30.7. The van der Waals surface area contributed by atoms with Crippen LogP contribution in [0.1, 0.15) is 38.2 Å². The van der Waals surface area contributed by atoms with Crippen molar-refractivity contribution in [2.24, 2.45) is 0 Å². The van der Waals surface area contributed by atoms with Crippen LogP contribution < -0.4 is 14.4 Å². The number of anilines is 1. The summed E-state index contributed by atoms with van der Waals surface area (Å²) >= 11 is 12.5. The van der Waals surface area contributed by atoms with Gasteiger partial charge in [0.1, 0.15) is 18.3 Å². The van der Waals surface area contributed by atoms with Crippen LogP contribution in [0.2, 0.25) is 10.0 Å². The van der Waals surface area contributed by atoms with E-state index in [0.717, 1.165) is 30.0 Å². The van der Waals surface area contributed by atoms with Crippen LogP contribution in [-0.4, -0.2) is 50.9 Å². The van der Waals surface area contributed by atoms with Crippen molar-refractivity contribution in [1.82, 2.24) is 10.2 Å². The minimum atomic E-state index is -4.15. The van der Waals surface area contributed by atoms with Crippen LogP contribution in [0.3, 0.4) is 0 Å². The maximum atomic E-state index is 14.0. The highest BCUT2D eigenvalue weighted by atomic mass is 35.5. The molecule has 0 aliphatic heterocycles. The predicted molar refractivity (Wildman–Crippen MR) is 161 cm³/mol. The Morgan fingerprint density at radius 1 is 1.00 bits per heavy atom. The smallest absolute Gasteiger partial charge is 0.264 e. The van der Waals surface area contributed by atoms with E-state index in [4.69, 9.17) is 27.9 Å². The fourth-order valence-corrected chi connectivity index (χ4v) is 6.71. The maximum absolute atomic E-state index is 14.0. The molecule has 1 atom stereocenters. The number of sulfonamides is 1. The molecule has 1 aliphatic carbocycles. The summed E-state index contributed by atoms with van der Waals surface area (Å²) in [6.07, 6.45) is 3.85. The van der Waals surface area contributed by atoms with Crippen molar-refractivity contribution >= 4 is 50.7 Å². The lowest BCUT2D eigenvalue weighted by atomic mass is 10.1. The molecule has 2 amide bonds. The largest absolute Gasteiger partial charge is 0.497 e. The summed E-state index contributed by atoms with van der Waals surface area (Å²) < 4.78 is 33.9. The van der Waals surface area contributed by atoms with Gasteiger partial charge in [0.2, 0.25) is 11.8 Å². The number of nitrogens with one attached hydrogen (secondary N) is 1. The molecule has 8 nitrogen and oxygen atoms in total. The van der Waals surface area contributed by atoms with Gasteiger partial charge in [-0.3, -0.25) is 13.9 Å². The fraction of sp³-hybridized carbons (Fsp3) is 0.333. The molecule has 0 aromatic heterocycles. The van der Waals surface area contributed by atoms with Crippen molar-refractivity contribution in [1.29, 1.82) is 0 Å². The molecule has 218 valence electrons. The van der Waals surface area contributed by atoms with Gasteiger partial charge in [-0.2, -0.15) is 0 Å². The number of carbonyl (C=O) groups excluding carboxylic acids is 2. The summed E-state index contributed by atoms with van der Waals surface area (Å²) in [5, 5.41) is 3.81. The third kappa shape index (κ3) is 7.52. The highest BCUT2D eigenvalue weighted by Gasteiger charge is 2.33. The van der Waals surface area contributed by atoms with Crippen LogP contribution in [0, 0.1) is 0 Å². The number of amides is 2. The van der Waals surface area contributed by atoms with Crippen molar-refractivity contribution in [2.75, 3.05) is 18.0 Å². The normalized spacial score (nSPS) is 14.3. The molecule has 0 radical (unpaired) electrons. The second kappa shape index (κ2) is 13.6. The molecule has 1 N–H and O–H groups in total. The van der Waals surface area contributed by atoms with Crippen LogP contribution in [-0.2, 0) is 26.2 Å². The average Bonchev–Trinajstić information content (AvgIpc) is 3.48. The van der Waals surface area contributed by atoms with Gasteiger partial charge >= 0.3 is 0 Å². The maximum Gasteiger partial charge on any atom is 0.264 e. The van der Waals surface area contributed by atoms with Gasteiger partial charge in [-0.05, 0) is 73.9 Å². The quantitative estimate of drug-likeness (QED) is 0.299. The van der Waals surface area contributed by atoms with Crippen molar-refractivity contribution in [3.8, 4) is 5.75 Å². The molecule has 3 aromatic rings. The molecule has 0 unspecified atom stereocenters. The average molecular weight is 619 g/mol. The Balaban J connectivity index is 1.69. The Labute approximate surface area is 251 Å². The second-order valence-electron chi connectivity index (χ2n) is 9.95. The molecule has 1 saturated carbocycles. The fourth-order valence-electron chi connectivity index (χ4n) is 4.80. The van der Waals surface area contributed by atoms with E-state index >= 15 is 0 Å². The number of rotatable bonds is 11. The van der Waals surface area contributed by atoms with Crippen LogP contribution in [0.15, 0.2) is 77.7 Å². The Hall–Kier alpha value is -3.27. The van der Waals surface area contributed by atoms with Crippen LogP contribution in [0.4, 0.5) is 5.69 Å². The standard InChI is InChI=1S/C30H33Cl2N3O5S/c1-21(30(37)33-24-8-6-7-9-24)34(19-22-12-13-23(31)18-28(22)32)29(36)20-35(25-14-16-26(40-2)17-15-25)41(38,39)27-10-4-3-5-11-27/h3-5,10-18,21,24H,6-9,19-20H2,1-2H3,(H,33,37)/t21-/m1/s1. The lowest BCUT2D eigenvalue weighted by Gasteiger charge is -2.32. The molecule has 41 heavy (non-hydrogen) atoms. The zero-order valence-electron chi connectivity index (χ0n) is 22.9. The first-order chi connectivity index (χ1) is 19.6. The highest BCUT2D eigenvalue weighted by molar-refractivity contribution is 7.92. The molecule has 1 fully saturated rings. The van der Waals surface area contributed by atoms with Crippen molar-refractivity contribution in [3.05, 3.63) is 88.4 Å². The number of ether oxygens (including phenoxy) is 1. The van der Waals surface area contributed by atoms with E-state index in [-0.39, 0.29) is 29.1 Å². The first-order valence-electron chi connectivity index (χ1n) is 13.4. The number of benzene rings is 3. The Kier molecular flexibility index (Phi) is 10.2. The third-order valence-electron chi connectivity index (χ3n) is 7.20. The summed E-state index contributed by atoms with van der Waals surface area (Å²) in [5.74, 6) is -0.342. The number of halogens is 2. The monoisotopic (exact) mass is 617 g/mol. The van der Waals surface area contributed by atoms with Gasteiger partial charge < -0.3 is 15.0 Å². The van der Waals surface area contributed by atoms with Crippen LogP contribution in [0.5, 0.6) is 5.75 Å².